The fraction of sp³-hybridized carbons (Fsp3) is 0.588. The maximum Gasteiger partial charge on any atom is 0.516 e. The molecule has 26 heavy (non-hydrogen) atoms. The summed E-state index contributed by atoms with van der Waals surface area (Å²) in [5.41, 5.74) is -6.14. The van der Waals surface area contributed by atoms with Gasteiger partial charge in [-0.3, -0.25) is 4.79 Å². The monoisotopic (exact) mass is 395 g/mol. The number of carbonyl (C=O) groups excluding carboxylic acids is 1. The molecule has 5 nitrogen and oxygen atoms in total. The Labute approximate surface area is 151 Å². The van der Waals surface area contributed by atoms with Gasteiger partial charge < -0.3 is 5.11 Å². The van der Waals surface area contributed by atoms with Crippen LogP contribution in [0.15, 0.2) is 24.3 Å². The molecule has 1 unspecified atom stereocenters. The van der Waals surface area contributed by atoms with E-state index in [1.54, 1.807) is 26.0 Å². The van der Waals surface area contributed by atoms with E-state index in [0.717, 1.165) is 10.3 Å². The van der Waals surface area contributed by atoms with Gasteiger partial charge in [0.2, 0.25) is 0 Å². The van der Waals surface area contributed by atoms with Gasteiger partial charge in [0.25, 0.3) is 5.91 Å². The number of aliphatic hydroxyl groups is 1. The lowest BCUT2D eigenvalue weighted by atomic mass is 9.71. The summed E-state index contributed by atoms with van der Waals surface area (Å²) < 4.78 is 60.1. The highest BCUT2D eigenvalue weighted by Gasteiger charge is 2.47. The minimum absolute atomic E-state index is 0.0847. The average Bonchev–Trinajstić information content (AvgIpc) is 2.41. The smallest absolute Gasteiger partial charge is 0.390 e. The van der Waals surface area contributed by atoms with Crippen molar-refractivity contribution in [3.63, 3.8) is 0 Å². The molecule has 1 atom stereocenters. The summed E-state index contributed by atoms with van der Waals surface area (Å²) in [4.78, 5) is 11.8. The Kier molecular flexibility index (Phi) is 6.20. The molecule has 9 heteroatoms. The fourth-order valence-corrected chi connectivity index (χ4v) is 3.01. The van der Waals surface area contributed by atoms with Crippen LogP contribution < -0.4 is 4.72 Å². The van der Waals surface area contributed by atoms with Gasteiger partial charge in [-0.2, -0.15) is 21.6 Å². The van der Waals surface area contributed by atoms with E-state index in [1.807, 2.05) is 20.8 Å². The number of carbonyl (C=O) groups is 1. The number of rotatable bonds is 5. The number of alkyl halides is 3. The van der Waals surface area contributed by atoms with E-state index in [4.69, 9.17) is 0 Å². The second-order valence-corrected chi connectivity index (χ2v) is 9.61. The van der Waals surface area contributed by atoms with Gasteiger partial charge in [0, 0.05) is 5.56 Å². The van der Waals surface area contributed by atoms with E-state index < -0.39 is 27.0 Å². The zero-order chi connectivity index (χ0) is 20.6. The van der Waals surface area contributed by atoms with E-state index in [-0.39, 0.29) is 16.9 Å². The molecule has 0 spiro atoms. The van der Waals surface area contributed by atoms with Gasteiger partial charge in [-0.25, -0.2) is 4.72 Å². The van der Waals surface area contributed by atoms with Crippen LogP contribution >= 0.6 is 0 Å². The molecule has 0 fully saturated rings. The van der Waals surface area contributed by atoms with Crippen molar-refractivity contribution in [3.05, 3.63) is 35.4 Å². The molecule has 0 bridgehead atoms. The number of hydrogen-bond acceptors (Lipinski definition) is 4. The molecule has 1 aromatic rings. The van der Waals surface area contributed by atoms with Crippen molar-refractivity contribution < 1.29 is 31.5 Å². The molecule has 0 aliphatic rings. The van der Waals surface area contributed by atoms with E-state index in [2.05, 4.69) is 0 Å². The highest BCUT2D eigenvalue weighted by Crippen LogP contribution is 2.40. The molecule has 0 radical (unpaired) electrons. The molecule has 1 aromatic carbocycles. The molecule has 0 aliphatic heterocycles. The van der Waals surface area contributed by atoms with Crippen molar-refractivity contribution >= 4 is 15.9 Å². The topological polar surface area (TPSA) is 83.5 Å². The Morgan fingerprint density at radius 2 is 1.54 bits per heavy atom. The molecule has 0 saturated carbocycles. The fourth-order valence-electron chi connectivity index (χ4n) is 2.53. The number of halogens is 3. The molecule has 0 saturated heterocycles. The average molecular weight is 395 g/mol. The molecule has 0 heterocycles. The predicted molar refractivity (Wildman–Crippen MR) is 92.0 cm³/mol. The largest absolute Gasteiger partial charge is 0.516 e. The first-order valence-electron chi connectivity index (χ1n) is 7.90. The first-order chi connectivity index (χ1) is 11.4. The lowest BCUT2D eigenvalue weighted by molar-refractivity contribution is -0.0446. The number of amides is 1. The number of nitrogens with one attached hydrogen (secondary N) is 1. The standard InChI is InChI=1S/C17H24F3NO4S/c1-15(2,3)13(10-16(4,5)23)11-6-8-12(9-7-11)14(22)21-26(24,25)17(18,19)20/h6-9,13,23H,10H2,1-5H3,(H,21,22). The molecule has 2 N–H and O–H groups in total. The van der Waals surface area contributed by atoms with Crippen LogP contribution in [0.25, 0.3) is 0 Å². The van der Waals surface area contributed by atoms with Gasteiger partial charge in [0.05, 0.1) is 5.60 Å². The molecular formula is C17H24F3NO4S. The quantitative estimate of drug-likeness (QED) is 0.799. The zero-order valence-electron chi connectivity index (χ0n) is 15.3. The van der Waals surface area contributed by atoms with Crippen LogP contribution in [0.3, 0.4) is 0 Å². The van der Waals surface area contributed by atoms with Crippen molar-refractivity contribution in [3.8, 4) is 0 Å². The Morgan fingerprint density at radius 3 is 1.88 bits per heavy atom. The minimum Gasteiger partial charge on any atom is -0.390 e. The lowest BCUT2D eigenvalue weighted by Gasteiger charge is -2.35. The number of sulfonamides is 1. The van der Waals surface area contributed by atoms with Crippen LogP contribution in [0.2, 0.25) is 0 Å². The van der Waals surface area contributed by atoms with Crippen LogP contribution in [0.4, 0.5) is 13.2 Å². The van der Waals surface area contributed by atoms with Crippen LogP contribution in [0.5, 0.6) is 0 Å². The summed E-state index contributed by atoms with van der Waals surface area (Å²) in [6.07, 6.45) is 0.435. The zero-order valence-corrected chi connectivity index (χ0v) is 16.1. The summed E-state index contributed by atoms with van der Waals surface area (Å²) in [6, 6.07) is 5.63. The highest BCUT2D eigenvalue weighted by atomic mass is 32.2. The van der Waals surface area contributed by atoms with Crippen molar-refractivity contribution in [1.82, 2.24) is 4.72 Å². The molecule has 0 aromatic heterocycles. The minimum atomic E-state index is -5.75. The van der Waals surface area contributed by atoms with Crippen LogP contribution in [0, 0.1) is 5.41 Å². The Bertz CT molecular complexity index is 742. The van der Waals surface area contributed by atoms with Gasteiger partial charge in [-0.05, 0) is 49.3 Å². The number of benzene rings is 1. The van der Waals surface area contributed by atoms with E-state index in [9.17, 15) is 31.5 Å². The summed E-state index contributed by atoms with van der Waals surface area (Å²) in [5.74, 6) is -1.44. The molecule has 1 amide bonds. The Balaban J connectivity index is 3.08. The summed E-state index contributed by atoms with van der Waals surface area (Å²) in [6.45, 7) is 9.31. The summed E-state index contributed by atoms with van der Waals surface area (Å²) in [7, 11) is -5.75. The second kappa shape index (κ2) is 7.19. The van der Waals surface area contributed by atoms with Gasteiger partial charge in [0.15, 0.2) is 0 Å². The lowest BCUT2D eigenvalue weighted by Crippen LogP contribution is -2.40. The molecular weight excluding hydrogens is 371 g/mol. The maximum atomic E-state index is 12.3. The first-order valence-corrected chi connectivity index (χ1v) is 9.38. The van der Waals surface area contributed by atoms with E-state index >= 15 is 0 Å². The van der Waals surface area contributed by atoms with Crippen LogP contribution in [-0.2, 0) is 10.0 Å². The van der Waals surface area contributed by atoms with E-state index in [0.29, 0.717) is 6.42 Å². The maximum absolute atomic E-state index is 12.3. The van der Waals surface area contributed by atoms with Gasteiger partial charge in [-0.15, -0.1) is 0 Å². The third-order valence-corrected chi connectivity index (χ3v) is 4.92. The summed E-state index contributed by atoms with van der Waals surface area (Å²) >= 11 is 0. The first kappa shape index (κ1) is 22.4. The third-order valence-electron chi connectivity index (χ3n) is 3.86. The Hall–Kier alpha value is -1.61. The van der Waals surface area contributed by atoms with Crippen molar-refractivity contribution in [2.24, 2.45) is 5.41 Å². The second-order valence-electron chi connectivity index (χ2n) is 7.94. The Morgan fingerprint density at radius 1 is 1.08 bits per heavy atom. The predicted octanol–water partition coefficient (Wildman–Crippen LogP) is 3.56. The van der Waals surface area contributed by atoms with Crippen molar-refractivity contribution in [1.29, 1.82) is 0 Å². The number of hydrogen-bond donors (Lipinski definition) is 2. The van der Waals surface area contributed by atoms with Gasteiger partial charge >= 0.3 is 15.5 Å². The third kappa shape index (κ3) is 5.98. The van der Waals surface area contributed by atoms with Crippen LogP contribution in [0.1, 0.15) is 62.9 Å². The van der Waals surface area contributed by atoms with Gasteiger partial charge in [-0.1, -0.05) is 32.9 Å². The SMILES string of the molecule is CC(C)(O)CC(c1ccc(C(=O)NS(=O)(=O)C(F)(F)F)cc1)C(C)(C)C. The molecule has 0 aliphatic carbocycles. The molecule has 148 valence electrons. The summed E-state index contributed by atoms with van der Waals surface area (Å²) in [5, 5.41) is 10.1. The van der Waals surface area contributed by atoms with Gasteiger partial charge in [0.1, 0.15) is 0 Å². The van der Waals surface area contributed by atoms with Crippen molar-refractivity contribution in [2.75, 3.05) is 0 Å². The van der Waals surface area contributed by atoms with E-state index in [1.165, 1.54) is 12.1 Å². The van der Waals surface area contributed by atoms with Crippen LogP contribution in [-0.4, -0.2) is 30.5 Å². The molecule has 1 rings (SSSR count). The normalized spacial score (nSPS) is 14.8. The highest BCUT2D eigenvalue weighted by molar-refractivity contribution is 7.90. The van der Waals surface area contributed by atoms with Crippen molar-refractivity contribution in [2.45, 2.75) is 58.1 Å².